The quantitative estimate of drug-likeness (QED) is 0.539. The average Bonchev–Trinajstić information content (AvgIpc) is 2.45. The smallest absolute Gasteiger partial charge is 0.134 e. The van der Waals surface area contributed by atoms with E-state index in [4.69, 9.17) is 0 Å². The fraction of sp³-hybridized carbons (Fsp3) is 0.500. The molecule has 2 aliphatic heterocycles. The first kappa shape index (κ1) is 8.35. The average molecular weight is 175 g/mol. The van der Waals surface area contributed by atoms with Crippen LogP contribution in [-0.4, -0.2) is 23.7 Å². The normalized spacial score (nSPS) is 25.6. The molecule has 1 atom stereocenters. The summed E-state index contributed by atoms with van der Waals surface area (Å²) in [4.78, 5) is 4.37. The number of hydrogen-bond acceptors (Lipinski definition) is 3. The molecule has 0 aromatic rings. The number of fused-ring (bicyclic) bond motifs is 1. The summed E-state index contributed by atoms with van der Waals surface area (Å²) < 4.78 is 0. The van der Waals surface area contributed by atoms with Gasteiger partial charge in [0.15, 0.2) is 0 Å². The molecule has 0 bridgehead atoms. The largest absolute Gasteiger partial charge is 0.277 e. The van der Waals surface area contributed by atoms with E-state index in [2.05, 4.69) is 36.0 Å². The molecular weight excluding hydrogens is 162 g/mol. The maximum atomic E-state index is 4.37. The predicted octanol–water partition coefficient (Wildman–Crippen LogP) is 1.85. The van der Waals surface area contributed by atoms with Crippen molar-refractivity contribution in [3.63, 3.8) is 0 Å². The van der Waals surface area contributed by atoms with Gasteiger partial charge in [0, 0.05) is 11.6 Å². The molecule has 0 saturated heterocycles. The van der Waals surface area contributed by atoms with Crippen molar-refractivity contribution in [2.45, 2.75) is 26.8 Å². The van der Waals surface area contributed by atoms with Crippen LogP contribution in [0, 0.1) is 5.41 Å². The van der Waals surface area contributed by atoms with Crippen molar-refractivity contribution in [3.8, 4) is 0 Å². The van der Waals surface area contributed by atoms with Gasteiger partial charge in [-0.2, -0.15) is 10.2 Å². The molecule has 1 unspecified atom stereocenters. The third kappa shape index (κ3) is 1.34. The molecule has 2 heterocycles. The van der Waals surface area contributed by atoms with Crippen LogP contribution in [0.5, 0.6) is 0 Å². The van der Waals surface area contributed by atoms with Gasteiger partial charge < -0.3 is 0 Å². The number of aliphatic imine (C=N–C) groups is 1. The number of dihydropyridines is 1. The van der Waals surface area contributed by atoms with Crippen molar-refractivity contribution in [2.24, 2.45) is 20.6 Å². The summed E-state index contributed by atoms with van der Waals surface area (Å²) in [5, 5.41) is 8.30. The Morgan fingerprint density at radius 3 is 2.69 bits per heavy atom. The van der Waals surface area contributed by atoms with Crippen molar-refractivity contribution in [3.05, 3.63) is 12.2 Å². The van der Waals surface area contributed by atoms with Gasteiger partial charge >= 0.3 is 0 Å². The minimum absolute atomic E-state index is 0.0540. The highest BCUT2D eigenvalue weighted by Crippen LogP contribution is 2.25. The number of nitrogens with zero attached hydrogens (tertiary/aromatic N) is 3. The first-order valence-electron chi connectivity index (χ1n) is 4.45. The second kappa shape index (κ2) is 2.62. The Balaban J connectivity index is 2.31. The number of rotatable bonds is 0. The van der Waals surface area contributed by atoms with Crippen LogP contribution >= 0.6 is 0 Å². The molecule has 2 aliphatic rings. The van der Waals surface area contributed by atoms with E-state index < -0.39 is 0 Å². The summed E-state index contributed by atoms with van der Waals surface area (Å²) in [6.45, 7) is 6.41. The molecule has 0 saturated carbocycles. The maximum absolute atomic E-state index is 4.37. The highest BCUT2D eigenvalue weighted by Gasteiger charge is 2.33. The first-order chi connectivity index (χ1) is 6.09. The molecule has 2 rings (SSSR count). The molecule has 0 N–H and O–H groups in total. The molecule has 3 nitrogen and oxygen atoms in total. The van der Waals surface area contributed by atoms with E-state index in [1.807, 2.05) is 18.4 Å². The molecule has 0 aromatic carbocycles. The van der Waals surface area contributed by atoms with E-state index >= 15 is 0 Å². The topological polar surface area (TPSA) is 37.1 Å². The maximum Gasteiger partial charge on any atom is 0.134 e. The summed E-state index contributed by atoms with van der Waals surface area (Å²) in [6.07, 6.45) is 5.69. The Morgan fingerprint density at radius 2 is 2.00 bits per heavy atom. The highest BCUT2D eigenvalue weighted by molar-refractivity contribution is 6.22. The van der Waals surface area contributed by atoms with Gasteiger partial charge in [0.05, 0.1) is 11.4 Å². The fourth-order valence-corrected chi connectivity index (χ4v) is 1.47. The Bertz CT molecular complexity index is 340. The van der Waals surface area contributed by atoms with E-state index in [-0.39, 0.29) is 11.5 Å². The second-order valence-corrected chi connectivity index (χ2v) is 4.32. The highest BCUT2D eigenvalue weighted by atomic mass is 15.3. The molecule has 0 aromatic heterocycles. The van der Waals surface area contributed by atoms with E-state index in [0.29, 0.717) is 0 Å². The molecule has 13 heavy (non-hydrogen) atoms. The Labute approximate surface area is 78.0 Å². The van der Waals surface area contributed by atoms with E-state index in [1.54, 1.807) is 0 Å². The van der Waals surface area contributed by atoms with Crippen LogP contribution in [0.1, 0.15) is 20.8 Å². The summed E-state index contributed by atoms with van der Waals surface area (Å²) in [6, 6.07) is 0.0741. The van der Waals surface area contributed by atoms with Crippen molar-refractivity contribution in [1.29, 1.82) is 0 Å². The summed E-state index contributed by atoms with van der Waals surface area (Å²) in [5.74, 6) is 0. The van der Waals surface area contributed by atoms with Crippen molar-refractivity contribution >= 4 is 17.6 Å². The minimum atomic E-state index is 0.0540. The molecule has 68 valence electrons. The van der Waals surface area contributed by atoms with Crippen LogP contribution in [0.4, 0.5) is 0 Å². The summed E-state index contributed by atoms with van der Waals surface area (Å²) >= 11 is 0. The third-order valence-electron chi connectivity index (χ3n) is 2.17. The van der Waals surface area contributed by atoms with Crippen LogP contribution < -0.4 is 0 Å². The first-order valence-corrected chi connectivity index (χ1v) is 4.45. The molecule has 0 spiro atoms. The third-order valence-corrected chi connectivity index (χ3v) is 2.17. The zero-order valence-corrected chi connectivity index (χ0v) is 8.15. The lowest BCUT2D eigenvalue weighted by Gasteiger charge is -2.22. The van der Waals surface area contributed by atoms with Crippen LogP contribution in [0.2, 0.25) is 0 Å². The molecular formula is C10H13N3. The van der Waals surface area contributed by atoms with Gasteiger partial charge in [-0.15, -0.1) is 0 Å². The van der Waals surface area contributed by atoms with Gasteiger partial charge in [0.2, 0.25) is 0 Å². The molecule has 3 heteroatoms. The van der Waals surface area contributed by atoms with Crippen LogP contribution in [0.3, 0.4) is 0 Å². The van der Waals surface area contributed by atoms with Crippen LogP contribution in [0.25, 0.3) is 0 Å². The minimum Gasteiger partial charge on any atom is -0.277 e. The lowest BCUT2D eigenvalue weighted by Crippen LogP contribution is -2.34. The molecule has 0 amide bonds. The van der Waals surface area contributed by atoms with Crippen molar-refractivity contribution in [1.82, 2.24) is 0 Å². The van der Waals surface area contributed by atoms with Gasteiger partial charge in [-0.25, -0.2) is 0 Å². The van der Waals surface area contributed by atoms with Gasteiger partial charge in [-0.3, -0.25) is 4.99 Å². The van der Waals surface area contributed by atoms with Gasteiger partial charge in [0.1, 0.15) is 6.04 Å². The standard InChI is InChI=1S/C10H13N3/c1-10(2,3)9-8-7(12-13-9)5-4-6-11-8/h4-6,8H,1-3H3. The zero-order valence-electron chi connectivity index (χ0n) is 8.15. The lowest BCUT2D eigenvalue weighted by molar-refractivity contribution is 0.578. The summed E-state index contributed by atoms with van der Waals surface area (Å²) in [5.41, 5.74) is 2.08. The van der Waals surface area contributed by atoms with Crippen molar-refractivity contribution in [2.75, 3.05) is 0 Å². The predicted molar refractivity (Wildman–Crippen MR) is 55.7 cm³/mol. The molecule has 0 fully saturated rings. The van der Waals surface area contributed by atoms with Gasteiger partial charge in [-0.05, 0) is 12.2 Å². The van der Waals surface area contributed by atoms with Crippen LogP contribution in [-0.2, 0) is 0 Å². The Morgan fingerprint density at radius 1 is 1.23 bits per heavy atom. The molecule has 0 radical (unpaired) electrons. The van der Waals surface area contributed by atoms with Gasteiger partial charge in [-0.1, -0.05) is 20.8 Å². The molecule has 0 aliphatic carbocycles. The second-order valence-electron chi connectivity index (χ2n) is 4.32. The SMILES string of the molecule is CC(C)(C)C1=NN=C2C=CC=NC21. The lowest BCUT2D eigenvalue weighted by atomic mass is 9.84. The summed E-state index contributed by atoms with van der Waals surface area (Å²) in [7, 11) is 0. The van der Waals surface area contributed by atoms with Crippen LogP contribution in [0.15, 0.2) is 27.3 Å². The van der Waals surface area contributed by atoms with E-state index in [0.717, 1.165) is 11.4 Å². The number of hydrogen-bond donors (Lipinski definition) is 0. The van der Waals surface area contributed by atoms with E-state index in [1.165, 1.54) is 0 Å². The number of allylic oxidation sites excluding steroid dienone is 1. The van der Waals surface area contributed by atoms with E-state index in [9.17, 15) is 0 Å². The monoisotopic (exact) mass is 175 g/mol. The Hall–Kier alpha value is -1.25. The van der Waals surface area contributed by atoms with Gasteiger partial charge in [0.25, 0.3) is 0 Å². The zero-order chi connectivity index (χ0) is 9.47. The Kier molecular flexibility index (Phi) is 1.68. The van der Waals surface area contributed by atoms with Crippen molar-refractivity contribution < 1.29 is 0 Å². The fourth-order valence-electron chi connectivity index (χ4n) is 1.47.